The van der Waals surface area contributed by atoms with Crippen LogP contribution in [0, 0.1) is 6.92 Å². The van der Waals surface area contributed by atoms with E-state index >= 15 is 0 Å². The second-order valence-electron chi connectivity index (χ2n) is 4.46. The molecule has 1 aromatic heterocycles. The first-order valence-corrected chi connectivity index (χ1v) is 6.17. The summed E-state index contributed by atoms with van der Waals surface area (Å²) in [6, 6.07) is 9.47. The number of H-pyrrole nitrogens is 1. The highest BCUT2D eigenvalue weighted by Gasteiger charge is 2.06. The number of aromatic nitrogens is 2. The highest BCUT2D eigenvalue weighted by molar-refractivity contribution is 5.75. The molecular formula is C14H15N3O3. The summed E-state index contributed by atoms with van der Waals surface area (Å²) in [6.07, 6.45) is 1.38. The summed E-state index contributed by atoms with van der Waals surface area (Å²) >= 11 is 0. The number of nitrogens with zero attached hydrogens (tertiary/aromatic N) is 1. The summed E-state index contributed by atoms with van der Waals surface area (Å²) in [5.41, 5.74) is 0.345. The van der Waals surface area contributed by atoms with Crippen molar-refractivity contribution in [2.24, 2.45) is 0 Å². The molecular weight excluding hydrogens is 258 g/mol. The van der Waals surface area contributed by atoms with E-state index in [1.807, 2.05) is 30.3 Å². The van der Waals surface area contributed by atoms with E-state index in [4.69, 9.17) is 0 Å². The maximum atomic E-state index is 11.8. The predicted molar refractivity (Wildman–Crippen MR) is 74.3 cm³/mol. The maximum Gasteiger partial charge on any atom is 0.328 e. The highest BCUT2D eigenvalue weighted by Crippen LogP contribution is 1.97. The van der Waals surface area contributed by atoms with E-state index in [1.165, 1.54) is 10.8 Å². The molecule has 1 aromatic carbocycles. The lowest BCUT2D eigenvalue weighted by atomic mass is 10.2. The Morgan fingerprint density at radius 2 is 1.95 bits per heavy atom. The largest absolute Gasteiger partial charge is 0.350 e. The van der Waals surface area contributed by atoms with Crippen molar-refractivity contribution in [3.8, 4) is 0 Å². The minimum absolute atomic E-state index is 0.122. The predicted octanol–water partition coefficient (Wildman–Crippen LogP) is 0.161. The Kier molecular flexibility index (Phi) is 4.14. The van der Waals surface area contributed by atoms with E-state index < -0.39 is 11.2 Å². The average molecular weight is 273 g/mol. The van der Waals surface area contributed by atoms with Crippen molar-refractivity contribution < 1.29 is 4.79 Å². The van der Waals surface area contributed by atoms with Crippen molar-refractivity contribution in [1.29, 1.82) is 0 Å². The van der Waals surface area contributed by atoms with Crippen molar-refractivity contribution in [2.75, 3.05) is 0 Å². The fourth-order valence-electron chi connectivity index (χ4n) is 1.74. The minimum atomic E-state index is -0.588. The SMILES string of the molecule is Cc1cn(CC(=O)NCc2ccccc2)c(=O)[nH]c1=O. The smallest absolute Gasteiger partial charge is 0.328 e. The van der Waals surface area contributed by atoms with E-state index in [0.29, 0.717) is 12.1 Å². The summed E-state index contributed by atoms with van der Waals surface area (Å²) in [4.78, 5) is 36.7. The zero-order valence-corrected chi connectivity index (χ0v) is 11.1. The second kappa shape index (κ2) is 6.01. The van der Waals surface area contributed by atoms with Crippen LogP contribution in [0.4, 0.5) is 0 Å². The summed E-state index contributed by atoms with van der Waals surface area (Å²) in [5.74, 6) is -0.289. The Hall–Kier alpha value is -2.63. The van der Waals surface area contributed by atoms with Crippen LogP contribution < -0.4 is 16.6 Å². The topological polar surface area (TPSA) is 84.0 Å². The maximum absolute atomic E-state index is 11.8. The van der Waals surface area contributed by atoms with E-state index in [2.05, 4.69) is 10.3 Å². The quantitative estimate of drug-likeness (QED) is 0.832. The van der Waals surface area contributed by atoms with Crippen molar-refractivity contribution in [2.45, 2.75) is 20.0 Å². The fraction of sp³-hybridized carbons (Fsp3) is 0.214. The monoisotopic (exact) mass is 273 g/mol. The number of rotatable bonds is 4. The van der Waals surface area contributed by atoms with Crippen molar-refractivity contribution in [3.63, 3.8) is 0 Å². The van der Waals surface area contributed by atoms with Crippen molar-refractivity contribution in [1.82, 2.24) is 14.9 Å². The van der Waals surface area contributed by atoms with Crippen LogP contribution in [0.2, 0.25) is 0 Å². The van der Waals surface area contributed by atoms with Gasteiger partial charge in [0, 0.05) is 18.3 Å². The highest BCUT2D eigenvalue weighted by atomic mass is 16.2. The van der Waals surface area contributed by atoms with E-state index in [0.717, 1.165) is 5.56 Å². The van der Waals surface area contributed by atoms with Gasteiger partial charge in [-0.15, -0.1) is 0 Å². The molecule has 0 spiro atoms. The number of hydrogen-bond acceptors (Lipinski definition) is 3. The molecule has 6 nitrogen and oxygen atoms in total. The molecule has 6 heteroatoms. The van der Waals surface area contributed by atoms with Crippen LogP contribution in [0.15, 0.2) is 46.1 Å². The van der Waals surface area contributed by atoms with Crippen LogP contribution in [0.5, 0.6) is 0 Å². The molecule has 1 heterocycles. The third-order valence-electron chi connectivity index (χ3n) is 2.84. The molecule has 0 bridgehead atoms. The number of aryl methyl sites for hydroxylation is 1. The van der Waals surface area contributed by atoms with E-state index in [-0.39, 0.29) is 12.5 Å². The molecule has 0 saturated heterocycles. The minimum Gasteiger partial charge on any atom is -0.350 e. The van der Waals surface area contributed by atoms with Crippen molar-refractivity contribution >= 4 is 5.91 Å². The third-order valence-corrected chi connectivity index (χ3v) is 2.84. The van der Waals surface area contributed by atoms with Crippen LogP contribution in [0.25, 0.3) is 0 Å². The molecule has 1 amide bonds. The summed E-state index contributed by atoms with van der Waals surface area (Å²) < 4.78 is 1.18. The lowest BCUT2D eigenvalue weighted by molar-refractivity contribution is -0.121. The molecule has 0 unspecified atom stereocenters. The van der Waals surface area contributed by atoms with Gasteiger partial charge in [0.2, 0.25) is 5.91 Å². The number of benzene rings is 1. The number of amides is 1. The zero-order valence-electron chi connectivity index (χ0n) is 11.1. The second-order valence-corrected chi connectivity index (χ2v) is 4.46. The van der Waals surface area contributed by atoms with E-state index in [1.54, 1.807) is 6.92 Å². The van der Waals surface area contributed by atoms with Gasteiger partial charge in [-0.3, -0.25) is 19.1 Å². The van der Waals surface area contributed by atoms with Crippen LogP contribution in [-0.4, -0.2) is 15.5 Å². The summed E-state index contributed by atoms with van der Waals surface area (Å²) in [7, 11) is 0. The Morgan fingerprint density at radius 3 is 2.65 bits per heavy atom. The van der Waals surface area contributed by atoms with Gasteiger partial charge >= 0.3 is 5.69 Å². The molecule has 2 rings (SSSR count). The van der Waals surface area contributed by atoms with Gasteiger partial charge in [0.05, 0.1) is 0 Å². The first-order chi connectivity index (χ1) is 9.56. The molecule has 0 fully saturated rings. The number of nitrogens with one attached hydrogen (secondary N) is 2. The fourth-order valence-corrected chi connectivity index (χ4v) is 1.74. The van der Waals surface area contributed by atoms with Gasteiger partial charge in [-0.2, -0.15) is 0 Å². The summed E-state index contributed by atoms with van der Waals surface area (Å²) in [6.45, 7) is 1.86. The summed E-state index contributed by atoms with van der Waals surface area (Å²) in [5, 5.41) is 2.72. The van der Waals surface area contributed by atoms with Crippen LogP contribution in [0.3, 0.4) is 0 Å². The van der Waals surface area contributed by atoms with Gasteiger partial charge in [-0.25, -0.2) is 4.79 Å². The van der Waals surface area contributed by atoms with Gasteiger partial charge in [-0.1, -0.05) is 30.3 Å². The Labute approximate surface area is 115 Å². The number of aromatic amines is 1. The molecule has 0 aliphatic rings. The number of carbonyl (C=O) groups excluding carboxylic acids is 1. The number of hydrogen-bond donors (Lipinski definition) is 2. The molecule has 20 heavy (non-hydrogen) atoms. The van der Waals surface area contributed by atoms with Crippen LogP contribution >= 0.6 is 0 Å². The van der Waals surface area contributed by atoms with Crippen molar-refractivity contribution in [3.05, 3.63) is 68.5 Å². The zero-order chi connectivity index (χ0) is 14.5. The molecule has 0 aliphatic carbocycles. The lowest BCUT2D eigenvalue weighted by Crippen LogP contribution is -2.36. The van der Waals surface area contributed by atoms with Gasteiger partial charge < -0.3 is 5.32 Å². The lowest BCUT2D eigenvalue weighted by Gasteiger charge is -2.07. The Morgan fingerprint density at radius 1 is 1.25 bits per heavy atom. The first-order valence-electron chi connectivity index (χ1n) is 6.17. The van der Waals surface area contributed by atoms with Gasteiger partial charge in [0.15, 0.2) is 0 Å². The molecule has 2 N–H and O–H groups in total. The number of carbonyl (C=O) groups is 1. The molecule has 0 radical (unpaired) electrons. The Bertz CT molecular complexity index is 716. The average Bonchev–Trinajstić information content (AvgIpc) is 2.44. The van der Waals surface area contributed by atoms with Gasteiger partial charge in [-0.05, 0) is 12.5 Å². The van der Waals surface area contributed by atoms with E-state index in [9.17, 15) is 14.4 Å². The molecule has 104 valence electrons. The molecule has 0 atom stereocenters. The third kappa shape index (κ3) is 3.44. The first kappa shape index (κ1) is 13.8. The normalized spacial score (nSPS) is 10.2. The van der Waals surface area contributed by atoms with Gasteiger partial charge in [0.25, 0.3) is 5.56 Å². The molecule has 0 saturated carbocycles. The van der Waals surface area contributed by atoms with Gasteiger partial charge in [0.1, 0.15) is 6.54 Å². The standard InChI is InChI=1S/C14H15N3O3/c1-10-8-17(14(20)16-13(10)19)9-12(18)15-7-11-5-3-2-4-6-11/h2-6,8H,7,9H2,1H3,(H,15,18)(H,16,19,20). The Balaban J connectivity index is 2.00. The molecule has 2 aromatic rings. The molecule has 0 aliphatic heterocycles. The van der Waals surface area contributed by atoms with Crippen LogP contribution in [0.1, 0.15) is 11.1 Å². The van der Waals surface area contributed by atoms with Crippen LogP contribution in [-0.2, 0) is 17.9 Å².